The first-order valence-electron chi connectivity index (χ1n) is 5.54. The lowest BCUT2D eigenvalue weighted by Crippen LogP contribution is -1.97. The maximum Gasteiger partial charge on any atom is 0.285 e. The molecule has 0 aliphatic heterocycles. The molecular formula is C14H21N2O+. The molecule has 3 heteroatoms. The fourth-order valence-electron chi connectivity index (χ4n) is 1.03. The van der Waals surface area contributed by atoms with Crippen molar-refractivity contribution in [3.05, 3.63) is 48.4 Å². The molecular weight excluding hydrogens is 212 g/mol. The average molecular weight is 233 g/mol. The SMILES string of the molecule is C=C(O)/C=C\C=C/CC(=C/CC)/N=C\[N+](=C)C. The van der Waals surface area contributed by atoms with E-state index in [9.17, 15) is 0 Å². The van der Waals surface area contributed by atoms with Crippen molar-refractivity contribution in [1.82, 2.24) is 0 Å². The van der Waals surface area contributed by atoms with Crippen molar-refractivity contribution in [2.75, 3.05) is 7.05 Å². The quantitative estimate of drug-likeness (QED) is 0.237. The van der Waals surface area contributed by atoms with Gasteiger partial charge in [-0.05, 0) is 18.6 Å². The molecule has 0 aliphatic rings. The molecule has 17 heavy (non-hydrogen) atoms. The van der Waals surface area contributed by atoms with E-state index in [1.165, 1.54) is 6.08 Å². The van der Waals surface area contributed by atoms with Crippen molar-refractivity contribution in [2.24, 2.45) is 4.99 Å². The molecule has 0 aliphatic carbocycles. The van der Waals surface area contributed by atoms with E-state index in [2.05, 4.69) is 31.3 Å². The van der Waals surface area contributed by atoms with Gasteiger partial charge in [0.25, 0.3) is 6.34 Å². The van der Waals surface area contributed by atoms with Gasteiger partial charge in [0.1, 0.15) is 5.76 Å². The molecule has 0 saturated heterocycles. The summed E-state index contributed by atoms with van der Waals surface area (Å²) >= 11 is 0. The minimum absolute atomic E-state index is 0.0516. The van der Waals surface area contributed by atoms with Crippen LogP contribution in [0.2, 0.25) is 0 Å². The van der Waals surface area contributed by atoms with Gasteiger partial charge in [0.2, 0.25) is 0 Å². The molecule has 0 aromatic heterocycles. The molecule has 0 atom stereocenters. The van der Waals surface area contributed by atoms with E-state index in [-0.39, 0.29) is 5.76 Å². The summed E-state index contributed by atoms with van der Waals surface area (Å²) in [7, 11) is 1.83. The van der Waals surface area contributed by atoms with Crippen LogP contribution in [0.5, 0.6) is 0 Å². The molecule has 0 spiro atoms. The van der Waals surface area contributed by atoms with E-state index in [0.717, 1.165) is 18.5 Å². The predicted molar refractivity (Wildman–Crippen MR) is 74.8 cm³/mol. The lowest BCUT2D eigenvalue weighted by molar-refractivity contribution is -0.349. The highest BCUT2D eigenvalue weighted by molar-refractivity contribution is 5.49. The molecule has 3 nitrogen and oxygen atoms in total. The smallest absolute Gasteiger partial charge is 0.285 e. The number of aliphatic hydroxyl groups is 1. The fourth-order valence-corrected chi connectivity index (χ4v) is 1.03. The van der Waals surface area contributed by atoms with Crippen LogP contribution in [-0.4, -0.2) is 29.8 Å². The summed E-state index contributed by atoms with van der Waals surface area (Å²) in [5.41, 5.74) is 0.996. The van der Waals surface area contributed by atoms with Crippen LogP contribution >= 0.6 is 0 Å². The van der Waals surface area contributed by atoms with Crippen LogP contribution in [0.25, 0.3) is 0 Å². The number of nitrogens with zero attached hydrogens (tertiary/aromatic N) is 2. The fraction of sp³-hybridized carbons (Fsp3) is 0.286. The molecule has 1 N–H and O–H groups in total. The lowest BCUT2D eigenvalue weighted by atomic mass is 10.2. The van der Waals surface area contributed by atoms with Gasteiger partial charge in [0.15, 0.2) is 5.70 Å². The van der Waals surface area contributed by atoms with E-state index < -0.39 is 0 Å². The highest BCUT2D eigenvalue weighted by atomic mass is 16.3. The summed E-state index contributed by atoms with van der Waals surface area (Å²) in [5, 5.41) is 8.83. The summed E-state index contributed by atoms with van der Waals surface area (Å²) in [5.74, 6) is 0.0516. The molecule has 0 radical (unpaired) electrons. The van der Waals surface area contributed by atoms with Crippen LogP contribution in [0.1, 0.15) is 19.8 Å². The molecule has 0 bridgehead atoms. The number of aliphatic imine (C=N–C) groups is 1. The number of aliphatic hydroxyl groups excluding tert-OH is 1. The van der Waals surface area contributed by atoms with Gasteiger partial charge < -0.3 is 5.11 Å². The van der Waals surface area contributed by atoms with Gasteiger partial charge in [0.05, 0.1) is 13.8 Å². The zero-order valence-corrected chi connectivity index (χ0v) is 10.6. The molecule has 0 heterocycles. The lowest BCUT2D eigenvalue weighted by Gasteiger charge is -1.89. The molecule has 0 amide bonds. The van der Waals surface area contributed by atoms with E-state index >= 15 is 0 Å². The van der Waals surface area contributed by atoms with Crippen molar-refractivity contribution >= 4 is 13.1 Å². The first kappa shape index (κ1) is 15.1. The van der Waals surface area contributed by atoms with Crippen LogP contribution < -0.4 is 0 Å². The second kappa shape index (κ2) is 9.33. The third-order valence-corrected chi connectivity index (χ3v) is 1.72. The molecule has 0 rings (SSSR count). The Morgan fingerprint density at radius 3 is 2.65 bits per heavy atom. The standard InChI is InChI=1S/C14H20N2O/c1-5-9-14(15-12-16(3)4)11-8-6-7-10-13(2)17/h6-10,12H,2-3,5,11H2,1,4H3/p+1/b8-6-,10-7-,14-9-,15-12-. The van der Waals surface area contributed by atoms with Crippen molar-refractivity contribution in [3.63, 3.8) is 0 Å². The van der Waals surface area contributed by atoms with Crippen molar-refractivity contribution < 1.29 is 9.68 Å². The topological polar surface area (TPSA) is 35.6 Å². The zero-order valence-electron chi connectivity index (χ0n) is 10.6. The van der Waals surface area contributed by atoms with Crippen molar-refractivity contribution in [3.8, 4) is 0 Å². The van der Waals surface area contributed by atoms with Crippen LogP contribution in [0.15, 0.2) is 53.4 Å². The Kier molecular flexibility index (Phi) is 8.29. The molecule has 0 aromatic rings. The summed E-state index contributed by atoms with van der Waals surface area (Å²) in [6.45, 7) is 9.12. The van der Waals surface area contributed by atoms with E-state index in [4.69, 9.17) is 5.11 Å². The second-order valence-electron chi connectivity index (χ2n) is 3.59. The van der Waals surface area contributed by atoms with Gasteiger partial charge in [-0.25, -0.2) is 4.58 Å². The Labute approximate surface area is 104 Å². The van der Waals surface area contributed by atoms with Crippen LogP contribution in [0.3, 0.4) is 0 Å². The van der Waals surface area contributed by atoms with E-state index in [1.54, 1.807) is 17.0 Å². The predicted octanol–water partition coefficient (Wildman–Crippen LogP) is 3.23. The maximum atomic E-state index is 8.83. The number of rotatable bonds is 7. The minimum Gasteiger partial charge on any atom is -0.509 e. The van der Waals surface area contributed by atoms with Crippen molar-refractivity contribution in [1.29, 1.82) is 0 Å². The molecule has 0 fully saturated rings. The van der Waals surface area contributed by atoms with E-state index in [0.29, 0.717) is 0 Å². The Morgan fingerprint density at radius 2 is 2.12 bits per heavy atom. The van der Waals surface area contributed by atoms with E-state index in [1.807, 2.05) is 19.2 Å². The monoisotopic (exact) mass is 233 g/mol. The van der Waals surface area contributed by atoms with Gasteiger partial charge in [-0.2, -0.15) is 0 Å². The Morgan fingerprint density at radius 1 is 1.41 bits per heavy atom. The Balaban J connectivity index is 4.33. The van der Waals surface area contributed by atoms with Gasteiger partial charge >= 0.3 is 0 Å². The number of hydrogen-bond donors (Lipinski definition) is 1. The van der Waals surface area contributed by atoms with Gasteiger partial charge in [-0.15, -0.1) is 0 Å². The highest BCUT2D eigenvalue weighted by Gasteiger charge is 1.96. The van der Waals surface area contributed by atoms with Gasteiger partial charge in [0, 0.05) is 6.42 Å². The molecule has 0 aromatic carbocycles. The largest absolute Gasteiger partial charge is 0.509 e. The maximum absolute atomic E-state index is 8.83. The minimum atomic E-state index is 0.0516. The van der Waals surface area contributed by atoms with Crippen LogP contribution in [0.4, 0.5) is 0 Å². The van der Waals surface area contributed by atoms with Crippen LogP contribution in [0, 0.1) is 0 Å². The van der Waals surface area contributed by atoms with Crippen molar-refractivity contribution in [2.45, 2.75) is 19.8 Å². The highest BCUT2D eigenvalue weighted by Crippen LogP contribution is 2.05. The second-order valence-corrected chi connectivity index (χ2v) is 3.59. The third kappa shape index (κ3) is 10.4. The number of hydrogen-bond acceptors (Lipinski definition) is 2. The zero-order chi connectivity index (χ0) is 13.1. The van der Waals surface area contributed by atoms with Gasteiger partial charge in [-0.1, -0.05) is 36.7 Å². The Bertz CT molecular complexity index is 374. The Hall–Kier alpha value is -1.90. The number of allylic oxidation sites excluding steroid dienone is 5. The molecule has 0 saturated carbocycles. The van der Waals surface area contributed by atoms with Crippen LogP contribution in [-0.2, 0) is 0 Å². The summed E-state index contributed by atoms with van der Waals surface area (Å²) in [6, 6.07) is 0. The summed E-state index contributed by atoms with van der Waals surface area (Å²) in [4.78, 5) is 4.30. The van der Waals surface area contributed by atoms with Gasteiger partial charge in [-0.3, -0.25) is 0 Å². The first-order valence-corrected chi connectivity index (χ1v) is 5.54. The average Bonchev–Trinajstić information content (AvgIpc) is 2.24. The summed E-state index contributed by atoms with van der Waals surface area (Å²) in [6.07, 6.45) is 12.6. The molecule has 92 valence electrons. The summed E-state index contributed by atoms with van der Waals surface area (Å²) < 4.78 is 1.66. The first-order chi connectivity index (χ1) is 8.06. The molecule has 0 unspecified atom stereocenters. The third-order valence-electron chi connectivity index (χ3n) is 1.72. The normalized spacial score (nSPS) is 12.9.